The highest BCUT2D eigenvalue weighted by Gasteiger charge is 2.08. The predicted octanol–water partition coefficient (Wildman–Crippen LogP) is 3.29. The molecule has 1 aromatic carbocycles. The fourth-order valence-corrected chi connectivity index (χ4v) is 2.79. The molecule has 0 radical (unpaired) electrons. The molecule has 0 bridgehead atoms. The molecule has 0 aliphatic carbocycles. The molecule has 5 nitrogen and oxygen atoms in total. The Morgan fingerprint density at radius 1 is 1.33 bits per heavy atom. The Morgan fingerprint density at radius 2 is 2.08 bits per heavy atom. The second-order valence-corrected chi connectivity index (χ2v) is 6.29. The van der Waals surface area contributed by atoms with Gasteiger partial charge in [-0.15, -0.1) is 35.3 Å². The van der Waals surface area contributed by atoms with Gasteiger partial charge in [0.15, 0.2) is 5.96 Å². The molecule has 0 spiro atoms. The van der Waals surface area contributed by atoms with Crippen LogP contribution in [0, 0.1) is 6.92 Å². The van der Waals surface area contributed by atoms with Crippen LogP contribution in [-0.4, -0.2) is 43.1 Å². The lowest BCUT2D eigenvalue weighted by Crippen LogP contribution is -2.40. The van der Waals surface area contributed by atoms with Crippen LogP contribution in [0.3, 0.4) is 0 Å². The molecule has 0 saturated heterocycles. The maximum atomic E-state index is 5.67. The van der Waals surface area contributed by atoms with Crippen molar-refractivity contribution in [1.29, 1.82) is 0 Å². The first kappa shape index (κ1) is 20.9. The predicted molar refractivity (Wildman–Crippen MR) is 111 cm³/mol. The summed E-state index contributed by atoms with van der Waals surface area (Å²) < 4.78 is 5.67. The summed E-state index contributed by atoms with van der Waals surface area (Å²) >= 11 is 1.67. The molecule has 0 atom stereocenters. The third-order valence-corrected chi connectivity index (χ3v) is 4.10. The normalized spacial score (nSPS) is 11.0. The van der Waals surface area contributed by atoms with Crippen molar-refractivity contribution < 1.29 is 4.74 Å². The number of guanidine groups is 1. The van der Waals surface area contributed by atoms with Gasteiger partial charge < -0.3 is 15.0 Å². The van der Waals surface area contributed by atoms with Crippen LogP contribution < -0.4 is 5.32 Å². The highest BCUT2D eigenvalue weighted by molar-refractivity contribution is 14.0. The van der Waals surface area contributed by atoms with E-state index in [9.17, 15) is 0 Å². The Bertz CT molecular complexity index is 618. The quantitative estimate of drug-likeness (QED) is 0.298. The molecule has 0 unspecified atom stereocenters. The Balaban J connectivity index is 0.00000288. The smallest absolute Gasteiger partial charge is 0.193 e. The fourth-order valence-electron chi connectivity index (χ4n) is 2.18. The zero-order chi connectivity index (χ0) is 16.5. The summed E-state index contributed by atoms with van der Waals surface area (Å²) in [6, 6.07) is 10.2. The number of aryl methyl sites for hydroxylation is 1. The third kappa shape index (κ3) is 7.14. The lowest BCUT2D eigenvalue weighted by Gasteiger charge is -2.21. The number of halogens is 1. The first-order valence-electron chi connectivity index (χ1n) is 7.63. The van der Waals surface area contributed by atoms with Crippen molar-refractivity contribution in [3.05, 3.63) is 52.0 Å². The van der Waals surface area contributed by atoms with Gasteiger partial charge in [-0.05, 0) is 12.5 Å². The van der Waals surface area contributed by atoms with Crippen molar-refractivity contribution in [3.63, 3.8) is 0 Å². The number of nitrogens with zero attached hydrogens (tertiary/aromatic N) is 3. The maximum absolute atomic E-state index is 5.67. The molecule has 0 saturated carbocycles. The standard InChI is InChI=1S/C17H24N4OS.HI/c1-14-20-16(13-23-14)11-21(3)17(18-2)19-9-10-22-12-15-7-5-4-6-8-15;/h4-8,13H,9-12H2,1-3H3,(H,18,19);1H. The first-order chi connectivity index (χ1) is 11.2. The molecule has 24 heavy (non-hydrogen) atoms. The molecular weight excluding hydrogens is 435 g/mol. The number of thiazole rings is 1. The lowest BCUT2D eigenvalue weighted by atomic mass is 10.2. The average Bonchev–Trinajstić information content (AvgIpc) is 2.96. The van der Waals surface area contributed by atoms with Crippen molar-refractivity contribution in [2.75, 3.05) is 27.2 Å². The van der Waals surface area contributed by atoms with Crippen molar-refractivity contribution in [2.45, 2.75) is 20.1 Å². The van der Waals surface area contributed by atoms with Gasteiger partial charge in [0.1, 0.15) is 0 Å². The van der Waals surface area contributed by atoms with E-state index in [1.54, 1.807) is 18.4 Å². The van der Waals surface area contributed by atoms with Crippen molar-refractivity contribution in [1.82, 2.24) is 15.2 Å². The summed E-state index contributed by atoms with van der Waals surface area (Å²) in [4.78, 5) is 10.8. The van der Waals surface area contributed by atoms with E-state index in [0.29, 0.717) is 13.2 Å². The van der Waals surface area contributed by atoms with Crippen molar-refractivity contribution in [3.8, 4) is 0 Å². The summed E-state index contributed by atoms with van der Waals surface area (Å²) in [6.45, 7) is 4.76. The minimum absolute atomic E-state index is 0. The molecule has 1 aromatic heterocycles. The van der Waals surface area contributed by atoms with Crippen LogP contribution in [0.25, 0.3) is 0 Å². The van der Waals surface area contributed by atoms with Crippen LogP contribution in [0.5, 0.6) is 0 Å². The number of nitrogens with one attached hydrogen (secondary N) is 1. The van der Waals surface area contributed by atoms with Gasteiger partial charge in [0.25, 0.3) is 0 Å². The van der Waals surface area contributed by atoms with Crippen LogP contribution in [-0.2, 0) is 17.9 Å². The van der Waals surface area contributed by atoms with Gasteiger partial charge in [-0.25, -0.2) is 4.98 Å². The monoisotopic (exact) mass is 460 g/mol. The minimum atomic E-state index is 0. The van der Waals surface area contributed by atoms with Crippen LogP contribution in [0.15, 0.2) is 40.7 Å². The van der Waals surface area contributed by atoms with Gasteiger partial charge in [0, 0.05) is 26.0 Å². The zero-order valence-corrected chi connectivity index (χ0v) is 17.5. The highest BCUT2D eigenvalue weighted by atomic mass is 127. The van der Waals surface area contributed by atoms with Crippen LogP contribution >= 0.6 is 35.3 Å². The molecule has 0 fully saturated rings. The molecular formula is C17H25IN4OS. The van der Waals surface area contributed by atoms with Crippen LogP contribution in [0.1, 0.15) is 16.3 Å². The first-order valence-corrected chi connectivity index (χ1v) is 8.51. The van der Waals surface area contributed by atoms with Gasteiger partial charge in [-0.2, -0.15) is 0 Å². The van der Waals surface area contributed by atoms with Crippen molar-refractivity contribution >= 4 is 41.3 Å². The van der Waals surface area contributed by atoms with Crippen LogP contribution in [0.4, 0.5) is 0 Å². The molecule has 7 heteroatoms. The van der Waals surface area contributed by atoms with E-state index < -0.39 is 0 Å². The minimum Gasteiger partial charge on any atom is -0.375 e. The molecule has 2 rings (SSSR count). The lowest BCUT2D eigenvalue weighted by molar-refractivity contribution is 0.125. The molecule has 2 aromatic rings. The highest BCUT2D eigenvalue weighted by Crippen LogP contribution is 2.09. The van der Waals surface area contributed by atoms with Crippen LogP contribution in [0.2, 0.25) is 0 Å². The Kier molecular flexibility index (Phi) is 9.89. The number of hydrogen-bond acceptors (Lipinski definition) is 4. The molecule has 1 N–H and O–H groups in total. The van der Waals surface area contributed by atoms with Gasteiger partial charge in [-0.1, -0.05) is 30.3 Å². The van der Waals surface area contributed by atoms with E-state index in [1.807, 2.05) is 32.2 Å². The van der Waals surface area contributed by atoms with Gasteiger partial charge in [0.05, 0.1) is 30.5 Å². The van der Waals surface area contributed by atoms with E-state index in [0.717, 1.165) is 29.8 Å². The second-order valence-electron chi connectivity index (χ2n) is 5.23. The second kappa shape index (κ2) is 11.4. The maximum Gasteiger partial charge on any atom is 0.193 e. The summed E-state index contributed by atoms with van der Waals surface area (Å²) in [7, 11) is 3.80. The molecule has 0 aliphatic heterocycles. The average molecular weight is 460 g/mol. The number of ether oxygens (including phenoxy) is 1. The largest absolute Gasteiger partial charge is 0.375 e. The van der Waals surface area contributed by atoms with E-state index in [4.69, 9.17) is 4.74 Å². The van der Waals surface area contributed by atoms with Crippen molar-refractivity contribution in [2.24, 2.45) is 4.99 Å². The van der Waals surface area contributed by atoms with Gasteiger partial charge in [0.2, 0.25) is 0 Å². The Morgan fingerprint density at radius 3 is 2.71 bits per heavy atom. The SMILES string of the molecule is CN=C(NCCOCc1ccccc1)N(C)Cc1csc(C)n1.I. The molecule has 0 amide bonds. The number of aliphatic imine (C=N–C) groups is 1. The number of rotatable bonds is 7. The molecule has 1 heterocycles. The topological polar surface area (TPSA) is 49.8 Å². The van der Waals surface area contributed by atoms with E-state index >= 15 is 0 Å². The summed E-state index contributed by atoms with van der Waals surface area (Å²) in [5.74, 6) is 0.846. The van der Waals surface area contributed by atoms with E-state index in [2.05, 4.69) is 37.7 Å². The fraction of sp³-hybridized carbons (Fsp3) is 0.412. The summed E-state index contributed by atoms with van der Waals surface area (Å²) in [5.41, 5.74) is 2.26. The Hall–Kier alpha value is -1.19. The third-order valence-electron chi connectivity index (χ3n) is 3.28. The number of aromatic nitrogens is 1. The number of hydrogen-bond donors (Lipinski definition) is 1. The molecule has 132 valence electrons. The summed E-state index contributed by atoms with van der Waals surface area (Å²) in [6.07, 6.45) is 0. The molecule has 0 aliphatic rings. The number of benzene rings is 1. The van der Waals surface area contributed by atoms with Gasteiger partial charge in [-0.3, -0.25) is 4.99 Å². The summed E-state index contributed by atoms with van der Waals surface area (Å²) in [5, 5.41) is 6.48. The van der Waals surface area contributed by atoms with Gasteiger partial charge >= 0.3 is 0 Å². The van der Waals surface area contributed by atoms with E-state index in [-0.39, 0.29) is 24.0 Å². The van der Waals surface area contributed by atoms with E-state index in [1.165, 1.54) is 5.56 Å². The Labute approximate surface area is 165 Å². The zero-order valence-electron chi connectivity index (χ0n) is 14.4.